The SMILES string of the molecule is Cc1ccc(CC(CO)CNc2ccc3nnc(C(C)(C)C)n3n2)cc1. The van der Waals surface area contributed by atoms with Gasteiger partial charge in [-0.25, -0.2) is 0 Å². The van der Waals surface area contributed by atoms with Gasteiger partial charge in [0, 0.05) is 24.5 Å². The summed E-state index contributed by atoms with van der Waals surface area (Å²) in [5, 5.41) is 26.1. The lowest BCUT2D eigenvalue weighted by Gasteiger charge is -2.17. The molecule has 0 saturated heterocycles. The molecule has 0 spiro atoms. The first kappa shape index (κ1) is 18.3. The predicted octanol–water partition coefficient (Wildman–Crippen LogP) is 2.99. The Morgan fingerprint density at radius 2 is 1.81 bits per heavy atom. The number of aryl methyl sites for hydroxylation is 1. The summed E-state index contributed by atoms with van der Waals surface area (Å²) < 4.78 is 1.79. The minimum Gasteiger partial charge on any atom is -0.396 e. The number of aliphatic hydroxyl groups excluding tert-OH is 1. The van der Waals surface area contributed by atoms with Crippen LogP contribution in [0.5, 0.6) is 0 Å². The molecule has 3 aromatic rings. The fourth-order valence-corrected chi connectivity index (χ4v) is 2.86. The second-order valence-corrected chi connectivity index (χ2v) is 7.88. The quantitative estimate of drug-likeness (QED) is 0.712. The summed E-state index contributed by atoms with van der Waals surface area (Å²) in [6.45, 7) is 9.13. The first-order valence-electron chi connectivity index (χ1n) is 9.00. The molecule has 2 heterocycles. The van der Waals surface area contributed by atoms with Gasteiger partial charge in [0.15, 0.2) is 11.5 Å². The van der Waals surface area contributed by atoms with E-state index in [0.29, 0.717) is 6.54 Å². The number of hydrogen-bond acceptors (Lipinski definition) is 5. The zero-order valence-corrected chi connectivity index (χ0v) is 15.9. The molecule has 6 nitrogen and oxygen atoms in total. The van der Waals surface area contributed by atoms with Crippen molar-refractivity contribution >= 4 is 11.5 Å². The van der Waals surface area contributed by atoms with Crippen LogP contribution in [0.4, 0.5) is 5.82 Å². The highest BCUT2D eigenvalue weighted by molar-refractivity contribution is 5.44. The van der Waals surface area contributed by atoms with Crippen molar-refractivity contribution in [2.24, 2.45) is 5.92 Å². The lowest BCUT2D eigenvalue weighted by atomic mass is 9.96. The van der Waals surface area contributed by atoms with Crippen LogP contribution < -0.4 is 5.32 Å². The van der Waals surface area contributed by atoms with Gasteiger partial charge >= 0.3 is 0 Å². The lowest BCUT2D eigenvalue weighted by Crippen LogP contribution is -2.22. The second-order valence-electron chi connectivity index (χ2n) is 7.88. The van der Waals surface area contributed by atoms with Crippen LogP contribution in [0.3, 0.4) is 0 Å². The number of nitrogens with one attached hydrogen (secondary N) is 1. The van der Waals surface area contributed by atoms with Crippen molar-refractivity contribution in [2.45, 2.75) is 39.5 Å². The molecule has 0 amide bonds. The lowest BCUT2D eigenvalue weighted by molar-refractivity contribution is 0.232. The number of hydrogen-bond donors (Lipinski definition) is 2. The summed E-state index contributed by atoms with van der Waals surface area (Å²) in [7, 11) is 0. The van der Waals surface area contributed by atoms with E-state index in [0.717, 1.165) is 23.7 Å². The van der Waals surface area contributed by atoms with Crippen LogP contribution in [-0.4, -0.2) is 38.1 Å². The molecule has 0 aliphatic heterocycles. The Morgan fingerprint density at radius 1 is 1.08 bits per heavy atom. The highest BCUT2D eigenvalue weighted by atomic mass is 16.3. The molecule has 0 radical (unpaired) electrons. The van der Waals surface area contributed by atoms with Crippen LogP contribution in [0.25, 0.3) is 5.65 Å². The molecule has 138 valence electrons. The topological polar surface area (TPSA) is 75.3 Å². The van der Waals surface area contributed by atoms with Crippen molar-refractivity contribution in [1.29, 1.82) is 0 Å². The normalized spacial score (nSPS) is 13.1. The summed E-state index contributed by atoms with van der Waals surface area (Å²) in [5.41, 5.74) is 3.07. The minimum absolute atomic E-state index is 0.123. The van der Waals surface area contributed by atoms with E-state index in [2.05, 4.69) is 72.6 Å². The zero-order valence-electron chi connectivity index (χ0n) is 15.9. The highest BCUT2D eigenvalue weighted by Gasteiger charge is 2.22. The molecule has 6 heteroatoms. The Kier molecular flexibility index (Phi) is 5.23. The molecular formula is C20H27N5O. The average Bonchev–Trinajstić information content (AvgIpc) is 3.03. The number of aliphatic hydroxyl groups is 1. The molecule has 1 aromatic carbocycles. The minimum atomic E-state index is -0.135. The number of aromatic nitrogens is 4. The molecule has 1 unspecified atom stereocenters. The summed E-state index contributed by atoms with van der Waals surface area (Å²) in [6.07, 6.45) is 0.825. The Morgan fingerprint density at radius 3 is 2.46 bits per heavy atom. The van der Waals surface area contributed by atoms with Gasteiger partial charge in [-0.3, -0.25) is 0 Å². The number of fused-ring (bicyclic) bond motifs is 1. The maximum Gasteiger partial charge on any atom is 0.178 e. The molecule has 0 saturated carbocycles. The molecule has 2 aromatic heterocycles. The van der Waals surface area contributed by atoms with Crippen LogP contribution in [-0.2, 0) is 11.8 Å². The van der Waals surface area contributed by atoms with Crippen LogP contribution in [0.1, 0.15) is 37.7 Å². The molecule has 2 N–H and O–H groups in total. The van der Waals surface area contributed by atoms with Gasteiger partial charge in [-0.1, -0.05) is 50.6 Å². The largest absolute Gasteiger partial charge is 0.396 e. The van der Waals surface area contributed by atoms with E-state index in [1.54, 1.807) is 4.52 Å². The predicted molar refractivity (Wildman–Crippen MR) is 103 cm³/mol. The van der Waals surface area contributed by atoms with E-state index >= 15 is 0 Å². The number of anilines is 1. The summed E-state index contributed by atoms with van der Waals surface area (Å²) in [6, 6.07) is 12.3. The Balaban J connectivity index is 1.70. The van der Waals surface area contributed by atoms with E-state index in [-0.39, 0.29) is 17.9 Å². The van der Waals surface area contributed by atoms with Crippen molar-refractivity contribution in [3.8, 4) is 0 Å². The molecule has 1 atom stereocenters. The fourth-order valence-electron chi connectivity index (χ4n) is 2.86. The second kappa shape index (κ2) is 7.41. The Hall–Kier alpha value is -2.47. The van der Waals surface area contributed by atoms with Gasteiger partial charge in [-0.05, 0) is 31.0 Å². The third-order valence-corrected chi connectivity index (χ3v) is 4.41. The summed E-state index contributed by atoms with van der Waals surface area (Å²) >= 11 is 0. The van der Waals surface area contributed by atoms with Crippen molar-refractivity contribution in [1.82, 2.24) is 19.8 Å². The summed E-state index contributed by atoms with van der Waals surface area (Å²) in [5.74, 6) is 1.71. The van der Waals surface area contributed by atoms with Crippen molar-refractivity contribution in [2.75, 3.05) is 18.5 Å². The molecule has 26 heavy (non-hydrogen) atoms. The van der Waals surface area contributed by atoms with Gasteiger partial charge in [-0.2, -0.15) is 4.52 Å². The first-order valence-corrected chi connectivity index (χ1v) is 9.00. The van der Waals surface area contributed by atoms with E-state index in [9.17, 15) is 5.11 Å². The van der Waals surface area contributed by atoms with Crippen molar-refractivity contribution < 1.29 is 5.11 Å². The van der Waals surface area contributed by atoms with Gasteiger partial charge in [0.2, 0.25) is 0 Å². The van der Waals surface area contributed by atoms with Crippen LogP contribution >= 0.6 is 0 Å². The number of benzene rings is 1. The molecule has 0 aliphatic rings. The van der Waals surface area contributed by atoms with Gasteiger partial charge in [-0.15, -0.1) is 15.3 Å². The molecule has 0 bridgehead atoms. The van der Waals surface area contributed by atoms with E-state index in [4.69, 9.17) is 0 Å². The third kappa shape index (κ3) is 4.19. The fraction of sp³-hybridized carbons (Fsp3) is 0.450. The van der Waals surface area contributed by atoms with E-state index in [1.807, 2.05) is 12.1 Å². The standard InChI is InChI=1S/C20H27N5O/c1-14-5-7-15(8-6-14)11-16(13-26)12-21-17-9-10-18-22-23-19(20(2,3)4)25(18)24-17/h5-10,16,26H,11-13H2,1-4H3,(H,21,24). The van der Waals surface area contributed by atoms with Crippen LogP contribution in [0.2, 0.25) is 0 Å². The number of nitrogens with zero attached hydrogens (tertiary/aromatic N) is 4. The maximum absolute atomic E-state index is 9.72. The van der Waals surface area contributed by atoms with Gasteiger partial charge in [0.25, 0.3) is 0 Å². The molecule has 0 fully saturated rings. The number of rotatable bonds is 6. The van der Waals surface area contributed by atoms with Gasteiger partial charge in [0.05, 0.1) is 0 Å². The third-order valence-electron chi connectivity index (χ3n) is 4.41. The summed E-state index contributed by atoms with van der Waals surface area (Å²) in [4.78, 5) is 0. The Bertz CT molecular complexity index is 864. The first-order chi connectivity index (χ1) is 12.4. The molecular weight excluding hydrogens is 326 g/mol. The van der Waals surface area contributed by atoms with Gasteiger partial charge < -0.3 is 10.4 Å². The molecule has 0 aliphatic carbocycles. The van der Waals surface area contributed by atoms with E-state index in [1.165, 1.54) is 11.1 Å². The van der Waals surface area contributed by atoms with E-state index < -0.39 is 0 Å². The van der Waals surface area contributed by atoms with Crippen LogP contribution in [0, 0.1) is 12.8 Å². The smallest absolute Gasteiger partial charge is 0.178 e. The average molecular weight is 353 g/mol. The van der Waals surface area contributed by atoms with Gasteiger partial charge in [0.1, 0.15) is 5.82 Å². The monoisotopic (exact) mass is 353 g/mol. The highest BCUT2D eigenvalue weighted by Crippen LogP contribution is 2.21. The van der Waals surface area contributed by atoms with Crippen LogP contribution in [0.15, 0.2) is 36.4 Å². The van der Waals surface area contributed by atoms with Crippen molar-refractivity contribution in [3.63, 3.8) is 0 Å². The molecule has 3 rings (SSSR count). The zero-order chi connectivity index (χ0) is 18.7. The Labute approximate surface area is 154 Å². The van der Waals surface area contributed by atoms with Crippen molar-refractivity contribution in [3.05, 3.63) is 53.3 Å². The maximum atomic E-state index is 9.72.